The Kier molecular flexibility index (Phi) is 4.61. The summed E-state index contributed by atoms with van der Waals surface area (Å²) in [5.41, 5.74) is 2.63. The van der Waals surface area contributed by atoms with Gasteiger partial charge in [0.2, 0.25) is 0 Å². The average Bonchev–Trinajstić information content (AvgIpc) is 2.34. The molecule has 0 spiro atoms. The molecule has 1 aliphatic heterocycles. The van der Waals surface area contributed by atoms with Gasteiger partial charge in [0.05, 0.1) is 6.61 Å². The molecule has 0 fully saturated rings. The summed E-state index contributed by atoms with van der Waals surface area (Å²) < 4.78 is 5.70. The summed E-state index contributed by atoms with van der Waals surface area (Å²) in [4.78, 5) is 2.23. The van der Waals surface area contributed by atoms with Crippen LogP contribution in [0.25, 0.3) is 0 Å². The molecular formula is C15H24N2O. The lowest BCUT2D eigenvalue weighted by Gasteiger charge is -2.27. The topological polar surface area (TPSA) is 24.5 Å². The zero-order valence-electron chi connectivity index (χ0n) is 11.7. The van der Waals surface area contributed by atoms with Gasteiger partial charge in [0.1, 0.15) is 5.75 Å². The van der Waals surface area contributed by atoms with Gasteiger partial charge in [-0.2, -0.15) is 0 Å². The third kappa shape index (κ3) is 3.47. The highest BCUT2D eigenvalue weighted by molar-refractivity contribution is 5.40. The number of benzene rings is 1. The molecule has 1 aliphatic rings. The summed E-state index contributed by atoms with van der Waals surface area (Å²) in [5, 5.41) is 3.65. The molecule has 1 atom stereocenters. The molecule has 0 saturated carbocycles. The Balaban J connectivity index is 1.93. The molecule has 0 radical (unpaired) electrons. The molecule has 2 rings (SSSR count). The van der Waals surface area contributed by atoms with E-state index < -0.39 is 0 Å². The van der Waals surface area contributed by atoms with Crippen LogP contribution in [-0.2, 0) is 0 Å². The van der Waals surface area contributed by atoms with Crippen LogP contribution in [-0.4, -0.2) is 38.7 Å². The van der Waals surface area contributed by atoms with Crippen molar-refractivity contribution in [2.45, 2.75) is 25.8 Å². The maximum Gasteiger partial charge on any atom is 0.124 e. The zero-order chi connectivity index (χ0) is 13.0. The van der Waals surface area contributed by atoms with Crippen molar-refractivity contribution in [2.24, 2.45) is 0 Å². The zero-order valence-corrected chi connectivity index (χ0v) is 11.7. The van der Waals surface area contributed by atoms with Gasteiger partial charge in [0.25, 0.3) is 0 Å². The van der Waals surface area contributed by atoms with Gasteiger partial charge >= 0.3 is 0 Å². The highest BCUT2D eigenvalue weighted by Crippen LogP contribution is 2.32. The van der Waals surface area contributed by atoms with Crippen molar-refractivity contribution >= 4 is 0 Å². The van der Waals surface area contributed by atoms with Crippen molar-refractivity contribution in [1.29, 1.82) is 0 Å². The lowest BCUT2D eigenvalue weighted by atomic mass is 9.98. The lowest BCUT2D eigenvalue weighted by Crippen LogP contribution is -2.29. The molecule has 3 nitrogen and oxygen atoms in total. The maximum absolute atomic E-state index is 5.70. The normalized spacial score (nSPS) is 18.6. The third-order valence-electron chi connectivity index (χ3n) is 3.38. The number of ether oxygens (including phenoxy) is 1. The Morgan fingerprint density at radius 3 is 3.00 bits per heavy atom. The lowest BCUT2D eigenvalue weighted by molar-refractivity contribution is 0.251. The Morgan fingerprint density at radius 1 is 1.39 bits per heavy atom. The number of rotatable bonds is 5. The molecule has 0 bridgehead atoms. The average molecular weight is 248 g/mol. The van der Waals surface area contributed by atoms with E-state index in [-0.39, 0.29) is 0 Å². The molecule has 1 unspecified atom stereocenters. The van der Waals surface area contributed by atoms with Crippen molar-refractivity contribution < 1.29 is 4.74 Å². The molecule has 1 aromatic carbocycles. The van der Waals surface area contributed by atoms with Crippen molar-refractivity contribution in [1.82, 2.24) is 10.2 Å². The molecule has 3 heteroatoms. The number of nitrogens with zero attached hydrogens (tertiary/aromatic N) is 1. The number of aryl methyl sites for hydroxylation is 1. The van der Waals surface area contributed by atoms with Gasteiger partial charge in [-0.05, 0) is 46.6 Å². The van der Waals surface area contributed by atoms with Crippen molar-refractivity contribution in [2.75, 3.05) is 33.8 Å². The molecule has 0 saturated heterocycles. The van der Waals surface area contributed by atoms with E-state index >= 15 is 0 Å². The van der Waals surface area contributed by atoms with Gasteiger partial charge in [-0.3, -0.25) is 0 Å². The summed E-state index contributed by atoms with van der Waals surface area (Å²) in [6.45, 7) is 5.16. The Morgan fingerprint density at radius 2 is 2.22 bits per heavy atom. The monoisotopic (exact) mass is 248 g/mol. The summed E-state index contributed by atoms with van der Waals surface area (Å²) in [6, 6.07) is 6.92. The fraction of sp³-hybridized carbons (Fsp3) is 0.600. The quantitative estimate of drug-likeness (QED) is 0.810. The van der Waals surface area contributed by atoms with E-state index in [1.807, 2.05) is 0 Å². The van der Waals surface area contributed by atoms with Crippen LogP contribution in [0.2, 0.25) is 0 Å². The van der Waals surface area contributed by atoms with Crippen LogP contribution in [0.1, 0.15) is 30.0 Å². The van der Waals surface area contributed by atoms with Gasteiger partial charge in [-0.15, -0.1) is 0 Å². The highest BCUT2D eigenvalue weighted by Gasteiger charge is 2.20. The van der Waals surface area contributed by atoms with Crippen LogP contribution in [0, 0.1) is 6.92 Å². The first kappa shape index (κ1) is 13.4. The van der Waals surface area contributed by atoms with Gasteiger partial charge in [0.15, 0.2) is 0 Å². The Bertz CT molecular complexity index is 390. The van der Waals surface area contributed by atoms with E-state index in [9.17, 15) is 0 Å². The molecule has 1 heterocycles. The molecule has 1 aromatic rings. The first-order valence-electron chi connectivity index (χ1n) is 6.78. The SMILES string of the molecule is Cc1ccc2c(c1)C(NCCCN(C)C)CCO2. The largest absolute Gasteiger partial charge is 0.493 e. The second-order valence-corrected chi connectivity index (χ2v) is 5.34. The Labute approximate surface area is 110 Å². The fourth-order valence-electron chi connectivity index (χ4n) is 2.40. The minimum Gasteiger partial charge on any atom is -0.493 e. The second kappa shape index (κ2) is 6.21. The smallest absolute Gasteiger partial charge is 0.124 e. The van der Waals surface area contributed by atoms with Crippen LogP contribution in [0.4, 0.5) is 0 Å². The number of nitrogens with one attached hydrogen (secondary N) is 1. The summed E-state index contributed by atoms with van der Waals surface area (Å²) in [7, 11) is 4.24. The predicted octanol–water partition coefficient (Wildman–Crippen LogP) is 2.36. The van der Waals surface area contributed by atoms with Crippen molar-refractivity contribution in [3.05, 3.63) is 29.3 Å². The van der Waals surface area contributed by atoms with Gasteiger partial charge in [0, 0.05) is 18.0 Å². The highest BCUT2D eigenvalue weighted by atomic mass is 16.5. The van der Waals surface area contributed by atoms with E-state index in [1.54, 1.807) is 0 Å². The second-order valence-electron chi connectivity index (χ2n) is 5.34. The van der Waals surface area contributed by atoms with E-state index in [0.717, 1.165) is 31.9 Å². The van der Waals surface area contributed by atoms with E-state index in [1.165, 1.54) is 17.5 Å². The fourth-order valence-corrected chi connectivity index (χ4v) is 2.40. The molecular weight excluding hydrogens is 224 g/mol. The number of hydrogen-bond donors (Lipinski definition) is 1. The van der Waals surface area contributed by atoms with Crippen LogP contribution in [0.3, 0.4) is 0 Å². The van der Waals surface area contributed by atoms with Crippen molar-refractivity contribution in [3.63, 3.8) is 0 Å². The van der Waals surface area contributed by atoms with Crippen LogP contribution < -0.4 is 10.1 Å². The van der Waals surface area contributed by atoms with E-state index in [0.29, 0.717) is 6.04 Å². The summed E-state index contributed by atoms with van der Waals surface area (Å²) in [6.07, 6.45) is 2.25. The van der Waals surface area contributed by atoms with Crippen LogP contribution in [0.15, 0.2) is 18.2 Å². The molecule has 0 aromatic heterocycles. The van der Waals surface area contributed by atoms with Crippen LogP contribution >= 0.6 is 0 Å². The summed E-state index contributed by atoms with van der Waals surface area (Å²) >= 11 is 0. The Hall–Kier alpha value is -1.06. The van der Waals surface area contributed by atoms with Gasteiger partial charge < -0.3 is 15.0 Å². The van der Waals surface area contributed by atoms with Gasteiger partial charge in [-0.1, -0.05) is 17.7 Å². The minimum atomic E-state index is 0.454. The molecule has 0 aliphatic carbocycles. The third-order valence-corrected chi connectivity index (χ3v) is 3.38. The minimum absolute atomic E-state index is 0.454. The molecule has 1 N–H and O–H groups in total. The first-order valence-corrected chi connectivity index (χ1v) is 6.78. The standard InChI is InChI=1S/C15H24N2O/c1-12-5-6-15-13(11-12)14(7-10-18-15)16-8-4-9-17(2)3/h5-6,11,14,16H,4,7-10H2,1-3H3. The number of fused-ring (bicyclic) bond motifs is 1. The van der Waals surface area contributed by atoms with E-state index in [2.05, 4.69) is 49.4 Å². The number of hydrogen-bond acceptors (Lipinski definition) is 3. The molecule has 0 amide bonds. The molecule has 18 heavy (non-hydrogen) atoms. The maximum atomic E-state index is 5.70. The van der Waals surface area contributed by atoms with Gasteiger partial charge in [-0.25, -0.2) is 0 Å². The predicted molar refractivity (Wildman–Crippen MR) is 75.2 cm³/mol. The van der Waals surface area contributed by atoms with Crippen molar-refractivity contribution in [3.8, 4) is 5.75 Å². The first-order chi connectivity index (χ1) is 8.66. The van der Waals surface area contributed by atoms with Crippen LogP contribution in [0.5, 0.6) is 5.75 Å². The van der Waals surface area contributed by atoms with E-state index in [4.69, 9.17) is 4.74 Å². The molecule has 100 valence electrons. The summed E-state index contributed by atoms with van der Waals surface area (Å²) in [5.74, 6) is 1.05.